The summed E-state index contributed by atoms with van der Waals surface area (Å²) in [4.78, 5) is 55.0. The second kappa shape index (κ2) is 13.7. The second-order valence-electron chi connectivity index (χ2n) is 21.0. The summed E-state index contributed by atoms with van der Waals surface area (Å²) in [6.45, 7) is 21.5. The number of hydrogen-bond donors (Lipinski definition) is 2. The molecule has 1 heterocycles. The Morgan fingerprint density at radius 1 is 0.945 bits per heavy atom. The molecule has 9 heteroatoms. The number of esters is 1. The molecule has 1 unspecified atom stereocenters. The zero-order valence-corrected chi connectivity index (χ0v) is 35.5. The Morgan fingerprint density at radius 2 is 1.64 bits per heavy atom. The highest BCUT2D eigenvalue weighted by molar-refractivity contribution is 6.30. The van der Waals surface area contributed by atoms with Crippen LogP contribution in [-0.4, -0.2) is 58.9 Å². The number of Topliss-reactive ketones (excluding diaryl/α,β-unsaturated/α-hetero) is 1. The third-order valence-electron chi connectivity index (χ3n) is 17.0. The number of piperazine rings is 1. The van der Waals surface area contributed by atoms with Gasteiger partial charge in [-0.1, -0.05) is 77.8 Å². The highest BCUT2D eigenvalue weighted by Gasteiger charge is 2.71. The van der Waals surface area contributed by atoms with Crippen LogP contribution in [0.15, 0.2) is 35.4 Å². The molecular weight excluding hydrogens is 712 g/mol. The number of rotatable bonds is 8. The van der Waals surface area contributed by atoms with Crippen molar-refractivity contribution in [2.75, 3.05) is 13.1 Å². The number of halogens is 1. The van der Waals surface area contributed by atoms with E-state index in [9.17, 15) is 24.3 Å². The Balaban J connectivity index is 1.18. The molecule has 4 saturated carbocycles. The molecule has 5 aliphatic carbocycles. The molecule has 0 radical (unpaired) electrons. The molecule has 1 aliphatic heterocycles. The van der Waals surface area contributed by atoms with Gasteiger partial charge in [0, 0.05) is 35.4 Å². The van der Waals surface area contributed by atoms with E-state index in [-0.39, 0.29) is 69.2 Å². The van der Waals surface area contributed by atoms with Crippen LogP contribution >= 0.6 is 11.6 Å². The largest absolute Gasteiger partial charge is 0.481 e. The van der Waals surface area contributed by atoms with E-state index in [0.29, 0.717) is 42.9 Å². The van der Waals surface area contributed by atoms with E-state index in [4.69, 9.17) is 16.3 Å². The molecule has 7 rings (SSSR count). The Kier molecular flexibility index (Phi) is 10.1. The third kappa shape index (κ3) is 6.33. The van der Waals surface area contributed by atoms with Crippen molar-refractivity contribution in [3.63, 3.8) is 0 Å². The topological polar surface area (TPSA) is 113 Å². The number of nitrogens with zero attached hydrogens (tertiary/aromatic N) is 1. The minimum atomic E-state index is -1.17. The molecule has 9 atom stereocenters. The van der Waals surface area contributed by atoms with E-state index in [1.165, 1.54) is 5.57 Å². The van der Waals surface area contributed by atoms with Crippen LogP contribution in [0.5, 0.6) is 0 Å². The number of ketones is 1. The van der Waals surface area contributed by atoms with Crippen LogP contribution in [0, 0.1) is 56.2 Å². The van der Waals surface area contributed by atoms with E-state index in [1.54, 1.807) is 13.8 Å². The van der Waals surface area contributed by atoms with Gasteiger partial charge in [-0.05, 0) is 128 Å². The summed E-state index contributed by atoms with van der Waals surface area (Å²) in [5, 5.41) is 13.8. The van der Waals surface area contributed by atoms with Crippen molar-refractivity contribution in [1.29, 1.82) is 0 Å². The lowest BCUT2D eigenvalue weighted by Gasteiger charge is -2.72. The highest BCUT2D eigenvalue weighted by Crippen LogP contribution is 2.77. The average molecular weight is 777 g/mol. The first-order chi connectivity index (χ1) is 25.6. The lowest BCUT2D eigenvalue weighted by molar-refractivity contribution is -0.234. The van der Waals surface area contributed by atoms with Gasteiger partial charge < -0.3 is 15.2 Å². The normalized spacial score (nSPS) is 38.8. The molecular formula is C46H65ClN2O6. The number of fused-ring (bicyclic) bond motifs is 7. The fourth-order valence-corrected chi connectivity index (χ4v) is 14.2. The number of amides is 1. The van der Waals surface area contributed by atoms with Gasteiger partial charge in [-0.3, -0.25) is 24.1 Å². The number of ether oxygens (including phenoxy) is 1. The molecule has 8 nitrogen and oxygen atoms in total. The van der Waals surface area contributed by atoms with Gasteiger partial charge in [0.2, 0.25) is 5.91 Å². The van der Waals surface area contributed by atoms with Gasteiger partial charge in [0.1, 0.15) is 6.10 Å². The van der Waals surface area contributed by atoms with Gasteiger partial charge >= 0.3 is 11.9 Å². The summed E-state index contributed by atoms with van der Waals surface area (Å²) < 4.78 is 6.19. The summed E-state index contributed by atoms with van der Waals surface area (Å²) in [6, 6.07) is 7.75. The van der Waals surface area contributed by atoms with Crippen LogP contribution in [0.1, 0.15) is 132 Å². The average Bonchev–Trinajstić information content (AvgIpc) is 3.40. The van der Waals surface area contributed by atoms with Gasteiger partial charge in [-0.25, -0.2) is 0 Å². The van der Waals surface area contributed by atoms with Gasteiger partial charge in [0.25, 0.3) is 0 Å². The molecule has 55 heavy (non-hydrogen) atoms. The number of hydrogen-bond acceptors (Lipinski definition) is 6. The summed E-state index contributed by atoms with van der Waals surface area (Å²) in [7, 11) is 0. The Morgan fingerprint density at radius 3 is 2.29 bits per heavy atom. The van der Waals surface area contributed by atoms with Gasteiger partial charge in [0.05, 0.1) is 24.4 Å². The van der Waals surface area contributed by atoms with Crippen LogP contribution in [0.3, 0.4) is 0 Å². The molecule has 5 fully saturated rings. The Labute approximate surface area is 333 Å². The van der Waals surface area contributed by atoms with Crippen LogP contribution in [-0.2, 0) is 30.5 Å². The molecule has 2 N–H and O–H groups in total. The fourth-order valence-electron chi connectivity index (χ4n) is 14.0. The van der Waals surface area contributed by atoms with Gasteiger partial charge in [0.15, 0.2) is 5.78 Å². The molecule has 1 aromatic rings. The lowest BCUT2D eigenvalue weighted by Crippen LogP contribution is -2.67. The maximum atomic E-state index is 14.3. The lowest BCUT2D eigenvalue weighted by atomic mass is 9.32. The standard InChI is InChI=1S/C46H65ClN2O6/c1-27(2)38-31(50)22-46(34-25-49(26-36(51)48-34)24-28-10-12-29(47)13-11-28)21-20-44(8)30(39(38)46)14-15-33-43(7)18-17-35(55-37(52)23-41(3,4)40(53)54)42(5,6)32(43)16-19-45(33,44)9/h10-13,27,30,32-35H,14-26H2,1-9H3,(H,48,51)(H,53,54)/t30-,32+,33-,34?,35+,43+,44-,45-,46+/m1/s1. The zero-order valence-electron chi connectivity index (χ0n) is 34.8. The van der Waals surface area contributed by atoms with Crippen molar-refractivity contribution < 1.29 is 29.0 Å². The van der Waals surface area contributed by atoms with Crippen molar-refractivity contribution in [3.05, 3.63) is 46.0 Å². The fraction of sp³-hybridized carbons (Fsp3) is 0.739. The number of carboxylic acid groups (broad SMARTS) is 1. The zero-order chi connectivity index (χ0) is 40.1. The minimum absolute atomic E-state index is 0.00890. The van der Waals surface area contributed by atoms with Crippen LogP contribution in [0.25, 0.3) is 0 Å². The van der Waals surface area contributed by atoms with E-state index in [2.05, 4.69) is 58.7 Å². The van der Waals surface area contributed by atoms with E-state index >= 15 is 0 Å². The monoisotopic (exact) mass is 776 g/mol. The second-order valence-corrected chi connectivity index (χ2v) is 21.4. The molecule has 0 bridgehead atoms. The van der Waals surface area contributed by atoms with Gasteiger partial charge in [-0.15, -0.1) is 0 Å². The van der Waals surface area contributed by atoms with Crippen molar-refractivity contribution in [2.24, 2.45) is 56.2 Å². The first-order valence-electron chi connectivity index (χ1n) is 21.1. The Bertz CT molecular complexity index is 1780. The summed E-state index contributed by atoms with van der Waals surface area (Å²) in [5.74, 6) is 0.148. The number of carbonyl (C=O) groups excluding carboxylic acids is 3. The maximum absolute atomic E-state index is 14.3. The van der Waals surface area contributed by atoms with Crippen LogP contribution in [0.4, 0.5) is 0 Å². The highest BCUT2D eigenvalue weighted by atomic mass is 35.5. The number of carboxylic acids is 1. The maximum Gasteiger partial charge on any atom is 0.309 e. The Hall–Kier alpha value is -2.71. The number of aliphatic carboxylic acids is 1. The molecule has 6 aliphatic rings. The van der Waals surface area contributed by atoms with Crippen LogP contribution in [0.2, 0.25) is 5.02 Å². The number of allylic oxidation sites excluding steroid dienone is 1. The number of carbonyl (C=O) groups is 4. The first-order valence-corrected chi connectivity index (χ1v) is 21.4. The quantitative estimate of drug-likeness (QED) is 0.254. The van der Waals surface area contributed by atoms with E-state index < -0.39 is 17.4 Å². The summed E-state index contributed by atoms with van der Waals surface area (Å²) in [6.07, 6.45) is 8.04. The smallest absolute Gasteiger partial charge is 0.309 e. The predicted octanol–water partition coefficient (Wildman–Crippen LogP) is 9.03. The van der Waals surface area contributed by atoms with E-state index in [0.717, 1.165) is 62.5 Å². The van der Waals surface area contributed by atoms with Crippen molar-refractivity contribution in [1.82, 2.24) is 10.2 Å². The molecule has 302 valence electrons. The first kappa shape index (κ1) is 40.5. The molecule has 0 aromatic heterocycles. The SMILES string of the molecule is CC(C)C1=C2[C@H]3CC[C@@H]4[C@@]5(C)CC[C@H](OC(=O)CC(C)(C)C(=O)O)C(C)(C)[C@@H]5CC[C@@]4(C)[C@]3(C)CC[C@@]2(C2CN(Cc3ccc(Cl)cc3)CC(=O)N2)CC1=O. The molecule has 1 amide bonds. The molecule has 0 spiro atoms. The molecule has 1 aromatic carbocycles. The van der Waals surface area contributed by atoms with Crippen molar-refractivity contribution in [2.45, 2.75) is 145 Å². The number of nitrogens with one attached hydrogen (secondary N) is 1. The summed E-state index contributed by atoms with van der Waals surface area (Å²) in [5.41, 5.74) is 1.85. The predicted molar refractivity (Wildman–Crippen MR) is 214 cm³/mol. The van der Waals surface area contributed by atoms with Gasteiger partial charge in [-0.2, -0.15) is 0 Å². The third-order valence-corrected chi connectivity index (χ3v) is 17.2. The number of benzene rings is 1. The van der Waals surface area contributed by atoms with Crippen molar-refractivity contribution in [3.8, 4) is 0 Å². The van der Waals surface area contributed by atoms with Crippen molar-refractivity contribution >= 4 is 35.2 Å². The van der Waals surface area contributed by atoms with E-state index in [1.807, 2.05) is 24.3 Å². The summed E-state index contributed by atoms with van der Waals surface area (Å²) >= 11 is 6.19. The minimum Gasteiger partial charge on any atom is -0.481 e. The molecule has 1 saturated heterocycles. The van der Waals surface area contributed by atoms with Crippen LogP contribution < -0.4 is 5.32 Å².